The second-order valence-corrected chi connectivity index (χ2v) is 9.57. The van der Waals surface area contributed by atoms with Gasteiger partial charge in [0.05, 0.1) is 18.5 Å². The summed E-state index contributed by atoms with van der Waals surface area (Å²) in [5.74, 6) is -0.210. The Hall–Kier alpha value is -3.64. The number of sulfonamides is 1. The number of rotatable bonds is 7. The standard InChI is InChI=1S/C26H24N2O3S/c1-32(30,31)28(19-20-7-3-2-4-8-20)25-15-13-23(14-16-25)26(29)27-18-21-11-12-22-9-5-6-10-24(22)17-21/h2-17H,18-19H2,1H3,(H,27,29). The van der Waals surface area contributed by atoms with E-state index in [4.69, 9.17) is 0 Å². The minimum Gasteiger partial charge on any atom is -0.348 e. The predicted molar refractivity (Wildman–Crippen MR) is 129 cm³/mol. The summed E-state index contributed by atoms with van der Waals surface area (Å²) in [5.41, 5.74) is 2.89. The van der Waals surface area contributed by atoms with Gasteiger partial charge in [-0.1, -0.05) is 66.7 Å². The molecule has 1 N–H and O–H groups in total. The van der Waals surface area contributed by atoms with Crippen molar-refractivity contribution in [2.24, 2.45) is 0 Å². The molecule has 0 saturated heterocycles. The van der Waals surface area contributed by atoms with E-state index in [9.17, 15) is 13.2 Å². The van der Waals surface area contributed by atoms with E-state index in [0.717, 1.165) is 21.9 Å². The fourth-order valence-corrected chi connectivity index (χ4v) is 4.45. The van der Waals surface area contributed by atoms with Crippen LogP contribution in [-0.4, -0.2) is 20.6 Å². The maximum Gasteiger partial charge on any atom is 0.251 e. The first kappa shape index (κ1) is 21.6. The highest BCUT2D eigenvalue weighted by molar-refractivity contribution is 7.92. The molecule has 6 heteroatoms. The summed E-state index contributed by atoms with van der Waals surface area (Å²) < 4.78 is 26.0. The summed E-state index contributed by atoms with van der Waals surface area (Å²) in [4.78, 5) is 12.6. The molecule has 162 valence electrons. The Morgan fingerprint density at radius 3 is 2.12 bits per heavy atom. The van der Waals surface area contributed by atoms with Crippen LogP contribution in [0.1, 0.15) is 21.5 Å². The molecule has 0 radical (unpaired) electrons. The third-order valence-corrected chi connectivity index (χ3v) is 6.39. The highest BCUT2D eigenvalue weighted by Gasteiger charge is 2.18. The molecule has 5 nitrogen and oxygen atoms in total. The largest absolute Gasteiger partial charge is 0.348 e. The van der Waals surface area contributed by atoms with Gasteiger partial charge in [0.15, 0.2) is 0 Å². The van der Waals surface area contributed by atoms with Gasteiger partial charge in [0, 0.05) is 12.1 Å². The van der Waals surface area contributed by atoms with Crippen molar-refractivity contribution in [3.8, 4) is 0 Å². The average Bonchev–Trinajstić information content (AvgIpc) is 2.81. The topological polar surface area (TPSA) is 66.5 Å². The van der Waals surface area contributed by atoms with Gasteiger partial charge in [-0.25, -0.2) is 8.42 Å². The van der Waals surface area contributed by atoms with Crippen molar-refractivity contribution in [2.45, 2.75) is 13.1 Å². The van der Waals surface area contributed by atoms with Crippen LogP contribution >= 0.6 is 0 Å². The van der Waals surface area contributed by atoms with Crippen molar-refractivity contribution in [1.82, 2.24) is 5.32 Å². The Morgan fingerprint density at radius 2 is 1.44 bits per heavy atom. The lowest BCUT2D eigenvalue weighted by molar-refractivity contribution is 0.0951. The van der Waals surface area contributed by atoms with Gasteiger partial charge >= 0.3 is 0 Å². The van der Waals surface area contributed by atoms with Crippen molar-refractivity contribution in [1.29, 1.82) is 0 Å². The number of hydrogen-bond acceptors (Lipinski definition) is 3. The number of benzene rings is 4. The lowest BCUT2D eigenvalue weighted by Crippen LogP contribution is -2.29. The number of nitrogens with one attached hydrogen (secondary N) is 1. The molecule has 0 bridgehead atoms. The van der Waals surface area contributed by atoms with Crippen molar-refractivity contribution in [2.75, 3.05) is 10.6 Å². The van der Waals surface area contributed by atoms with Gasteiger partial charge in [-0.2, -0.15) is 0 Å². The SMILES string of the molecule is CS(=O)(=O)N(Cc1ccccc1)c1ccc(C(=O)NCc2ccc3ccccc3c2)cc1. The highest BCUT2D eigenvalue weighted by atomic mass is 32.2. The summed E-state index contributed by atoms with van der Waals surface area (Å²) in [6.07, 6.45) is 1.18. The molecule has 0 spiro atoms. The molecule has 4 rings (SSSR count). The van der Waals surface area contributed by atoms with Gasteiger partial charge in [0.2, 0.25) is 10.0 Å². The van der Waals surface area contributed by atoms with E-state index < -0.39 is 10.0 Å². The number of nitrogens with zero attached hydrogens (tertiary/aromatic N) is 1. The monoisotopic (exact) mass is 444 g/mol. The maximum atomic E-state index is 12.6. The van der Waals surface area contributed by atoms with E-state index >= 15 is 0 Å². The molecular formula is C26H24N2O3S. The molecule has 0 heterocycles. The van der Waals surface area contributed by atoms with Crippen LogP contribution in [-0.2, 0) is 23.1 Å². The van der Waals surface area contributed by atoms with Gasteiger partial charge in [-0.05, 0) is 52.2 Å². The summed E-state index contributed by atoms with van der Waals surface area (Å²) in [5, 5.41) is 5.21. The van der Waals surface area contributed by atoms with Crippen molar-refractivity contribution in [3.05, 3.63) is 114 Å². The molecule has 0 saturated carbocycles. The average molecular weight is 445 g/mol. The number of fused-ring (bicyclic) bond motifs is 1. The molecule has 32 heavy (non-hydrogen) atoms. The molecule has 0 unspecified atom stereocenters. The van der Waals surface area contributed by atoms with Crippen LogP contribution in [0.3, 0.4) is 0 Å². The number of carbonyl (C=O) groups excluding carboxylic acids is 1. The summed E-state index contributed by atoms with van der Waals surface area (Å²) in [7, 11) is -3.48. The maximum absolute atomic E-state index is 12.6. The van der Waals surface area contributed by atoms with Crippen molar-refractivity contribution < 1.29 is 13.2 Å². The number of hydrogen-bond donors (Lipinski definition) is 1. The van der Waals surface area contributed by atoms with Gasteiger partial charge in [-0.15, -0.1) is 0 Å². The second-order valence-electron chi connectivity index (χ2n) is 7.67. The molecule has 1 amide bonds. The van der Waals surface area contributed by atoms with Gasteiger partial charge in [0.1, 0.15) is 0 Å². The quantitative estimate of drug-likeness (QED) is 0.448. The normalized spacial score (nSPS) is 11.3. The summed E-state index contributed by atoms with van der Waals surface area (Å²) >= 11 is 0. The molecule has 0 atom stereocenters. The molecule has 0 aromatic heterocycles. The highest BCUT2D eigenvalue weighted by Crippen LogP contribution is 2.21. The first-order valence-corrected chi connectivity index (χ1v) is 12.1. The molecule has 0 aliphatic carbocycles. The van der Waals surface area contributed by atoms with Crippen LogP contribution in [0.2, 0.25) is 0 Å². The summed E-state index contributed by atoms with van der Waals surface area (Å²) in [6.45, 7) is 0.641. The molecule has 0 fully saturated rings. The van der Waals surface area contributed by atoms with Crippen LogP contribution in [0.25, 0.3) is 10.8 Å². The number of amides is 1. The fraction of sp³-hybridized carbons (Fsp3) is 0.115. The summed E-state index contributed by atoms with van der Waals surface area (Å²) in [6, 6.07) is 30.2. The first-order valence-electron chi connectivity index (χ1n) is 10.3. The Bertz CT molecular complexity index is 1330. The minimum absolute atomic E-state index is 0.210. The predicted octanol–water partition coefficient (Wildman–Crippen LogP) is 4.74. The van der Waals surface area contributed by atoms with E-state index in [1.165, 1.54) is 10.6 Å². The van der Waals surface area contributed by atoms with Crippen LogP contribution < -0.4 is 9.62 Å². The van der Waals surface area contributed by atoms with Crippen molar-refractivity contribution in [3.63, 3.8) is 0 Å². The molecule has 4 aromatic carbocycles. The number of anilines is 1. The Morgan fingerprint density at radius 1 is 0.781 bits per heavy atom. The molecule has 4 aromatic rings. The zero-order chi connectivity index (χ0) is 22.6. The third-order valence-electron chi connectivity index (χ3n) is 5.25. The van der Waals surface area contributed by atoms with Crippen molar-refractivity contribution >= 4 is 32.4 Å². The van der Waals surface area contributed by atoms with Gasteiger partial charge in [-0.3, -0.25) is 9.10 Å². The Balaban J connectivity index is 1.45. The van der Waals surface area contributed by atoms with Crippen LogP contribution in [0.15, 0.2) is 97.1 Å². The van der Waals surface area contributed by atoms with Crippen LogP contribution in [0.5, 0.6) is 0 Å². The Labute approximate surface area is 188 Å². The molecule has 0 aliphatic rings. The van der Waals surface area contributed by atoms with Crippen LogP contribution in [0.4, 0.5) is 5.69 Å². The van der Waals surface area contributed by atoms with E-state index in [2.05, 4.69) is 17.4 Å². The molecule has 0 aliphatic heterocycles. The van der Waals surface area contributed by atoms with Gasteiger partial charge < -0.3 is 5.32 Å². The zero-order valence-electron chi connectivity index (χ0n) is 17.7. The minimum atomic E-state index is -3.48. The van der Waals surface area contributed by atoms with Crippen LogP contribution in [0, 0.1) is 0 Å². The van der Waals surface area contributed by atoms with Gasteiger partial charge in [0.25, 0.3) is 5.91 Å². The second kappa shape index (κ2) is 9.24. The van der Waals surface area contributed by atoms with E-state index in [0.29, 0.717) is 17.8 Å². The lowest BCUT2D eigenvalue weighted by atomic mass is 10.1. The third kappa shape index (κ3) is 5.15. The number of carbonyl (C=O) groups is 1. The lowest BCUT2D eigenvalue weighted by Gasteiger charge is -2.22. The first-order chi connectivity index (χ1) is 15.4. The smallest absolute Gasteiger partial charge is 0.251 e. The van der Waals surface area contributed by atoms with E-state index in [-0.39, 0.29) is 12.5 Å². The van der Waals surface area contributed by atoms with E-state index in [1.54, 1.807) is 24.3 Å². The Kier molecular flexibility index (Phi) is 6.23. The zero-order valence-corrected chi connectivity index (χ0v) is 18.5. The van der Waals surface area contributed by atoms with E-state index in [1.807, 2.05) is 60.7 Å². The fourth-order valence-electron chi connectivity index (χ4n) is 3.56. The molecular weight excluding hydrogens is 420 g/mol.